The number of nitriles is 1. The van der Waals surface area contributed by atoms with Gasteiger partial charge in [-0.2, -0.15) is 10.4 Å². The van der Waals surface area contributed by atoms with Gasteiger partial charge in [-0.1, -0.05) is 19.3 Å². The van der Waals surface area contributed by atoms with Gasteiger partial charge in [-0.3, -0.25) is 19.6 Å². The number of aromatic nitrogens is 2. The summed E-state index contributed by atoms with van der Waals surface area (Å²) >= 11 is 0. The van der Waals surface area contributed by atoms with E-state index in [2.05, 4.69) is 16.5 Å². The van der Waals surface area contributed by atoms with Gasteiger partial charge in [0.05, 0.1) is 11.0 Å². The lowest BCUT2D eigenvalue weighted by Gasteiger charge is -2.32. The smallest absolute Gasteiger partial charge is 0.312 e. The fraction of sp³-hybridized carbons (Fsp3) is 0.667. The van der Waals surface area contributed by atoms with Gasteiger partial charge in [-0.15, -0.1) is 0 Å². The van der Waals surface area contributed by atoms with E-state index in [-0.39, 0.29) is 17.3 Å². The molecule has 0 aromatic carbocycles. The number of nitro groups is 1. The summed E-state index contributed by atoms with van der Waals surface area (Å²) in [5.41, 5.74) is -0.284. The molecule has 23 heavy (non-hydrogen) atoms. The number of hydrogen-bond acceptors (Lipinski definition) is 5. The first-order chi connectivity index (χ1) is 10.8. The second kappa shape index (κ2) is 6.36. The predicted octanol–water partition coefficient (Wildman–Crippen LogP) is 2.31. The van der Waals surface area contributed by atoms with Gasteiger partial charge in [0.25, 0.3) is 0 Å². The standard InChI is InChI=1S/C15H21N5O3/c1-10-13(20(22)23)11(2)19(18-10)12(3)14(21)17-15(9-16)7-5-4-6-8-15/h12H,4-8H2,1-3H3,(H,17,21). The zero-order chi connectivity index (χ0) is 17.2. The molecular formula is C15H21N5O3. The third kappa shape index (κ3) is 3.18. The molecule has 0 radical (unpaired) electrons. The summed E-state index contributed by atoms with van der Waals surface area (Å²) in [6.45, 7) is 4.75. The number of aryl methyl sites for hydroxylation is 1. The van der Waals surface area contributed by atoms with Gasteiger partial charge >= 0.3 is 5.69 Å². The van der Waals surface area contributed by atoms with Crippen LogP contribution >= 0.6 is 0 Å². The van der Waals surface area contributed by atoms with Crippen LogP contribution in [0.3, 0.4) is 0 Å². The predicted molar refractivity (Wildman–Crippen MR) is 82.6 cm³/mol. The van der Waals surface area contributed by atoms with Crippen molar-refractivity contribution in [3.05, 3.63) is 21.5 Å². The Balaban J connectivity index is 2.22. The lowest BCUT2D eigenvalue weighted by Crippen LogP contribution is -2.50. The first-order valence-corrected chi connectivity index (χ1v) is 7.75. The molecule has 1 aromatic heterocycles. The summed E-state index contributed by atoms with van der Waals surface area (Å²) in [5, 5.41) is 27.5. The molecule has 1 heterocycles. The molecule has 1 N–H and O–H groups in total. The largest absolute Gasteiger partial charge is 0.336 e. The maximum atomic E-state index is 12.5. The van der Waals surface area contributed by atoms with Crippen molar-refractivity contribution in [2.24, 2.45) is 0 Å². The normalized spacial score (nSPS) is 18.0. The van der Waals surface area contributed by atoms with Crippen LogP contribution in [-0.4, -0.2) is 26.1 Å². The second-order valence-corrected chi connectivity index (χ2v) is 6.14. The molecule has 8 heteroatoms. The Hall–Kier alpha value is -2.43. The molecule has 2 rings (SSSR count). The molecule has 1 fully saturated rings. The molecule has 0 aliphatic heterocycles. The highest BCUT2D eigenvalue weighted by atomic mass is 16.6. The van der Waals surface area contributed by atoms with E-state index in [1.165, 1.54) is 4.68 Å². The van der Waals surface area contributed by atoms with E-state index in [4.69, 9.17) is 0 Å². The molecule has 1 amide bonds. The minimum atomic E-state index is -0.828. The van der Waals surface area contributed by atoms with E-state index < -0.39 is 16.5 Å². The maximum absolute atomic E-state index is 12.5. The second-order valence-electron chi connectivity index (χ2n) is 6.14. The van der Waals surface area contributed by atoms with Crippen molar-refractivity contribution < 1.29 is 9.72 Å². The van der Waals surface area contributed by atoms with Crippen LogP contribution in [0, 0.1) is 35.3 Å². The Morgan fingerprint density at radius 1 is 1.43 bits per heavy atom. The van der Waals surface area contributed by atoms with Crippen molar-refractivity contribution in [2.45, 2.75) is 64.5 Å². The Morgan fingerprint density at radius 2 is 2.04 bits per heavy atom. The van der Waals surface area contributed by atoms with Crippen LogP contribution in [0.15, 0.2) is 0 Å². The van der Waals surface area contributed by atoms with Crippen molar-refractivity contribution >= 4 is 11.6 Å². The first kappa shape index (κ1) is 16.9. The molecule has 1 aliphatic rings. The van der Waals surface area contributed by atoms with E-state index in [0.29, 0.717) is 18.5 Å². The first-order valence-electron chi connectivity index (χ1n) is 7.75. The van der Waals surface area contributed by atoms with Gasteiger partial charge in [0, 0.05) is 0 Å². The summed E-state index contributed by atoms with van der Waals surface area (Å²) in [6, 6.07) is 1.52. The molecule has 124 valence electrons. The molecule has 1 aliphatic carbocycles. The molecule has 0 saturated heterocycles. The highest BCUT2D eigenvalue weighted by molar-refractivity contribution is 5.81. The van der Waals surface area contributed by atoms with Crippen molar-refractivity contribution in [3.8, 4) is 6.07 Å². The minimum Gasteiger partial charge on any atom is -0.336 e. The quantitative estimate of drug-likeness (QED) is 0.675. The Bertz CT molecular complexity index is 667. The maximum Gasteiger partial charge on any atom is 0.312 e. The van der Waals surface area contributed by atoms with Crippen LogP contribution in [0.4, 0.5) is 5.69 Å². The van der Waals surface area contributed by atoms with Gasteiger partial charge < -0.3 is 5.32 Å². The Labute approximate surface area is 134 Å². The van der Waals surface area contributed by atoms with Crippen molar-refractivity contribution in [1.82, 2.24) is 15.1 Å². The van der Waals surface area contributed by atoms with Crippen LogP contribution in [0.5, 0.6) is 0 Å². The van der Waals surface area contributed by atoms with E-state index in [0.717, 1.165) is 19.3 Å². The number of carbonyl (C=O) groups is 1. The van der Waals surface area contributed by atoms with E-state index in [9.17, 15) is 20.2 Å². The lowest BCUT2D eigenvalue weighted by atomic mass is 9.82. The minimum absolute atomic E-state index is 0.0719. The van der Waals surface area contributed by atoms with E-state index >= 15 is 0 Å². The van der Waals surface area contributed by atoms with Gasteiger partial charge in [0.15, 0.2) is 0 Å². The van der Waals surface area contributed by atoms with Gasteiger partial charge in [-0.25, -0.2) is 0 Å². The van der Waals surface area contributed by atoms with Crippen molar-refractivity contribution in [3.63, 3.8) is 0 Å². The van der Waals surface area contributed by atoms with Crippen molar-refractivity contribution in [1.29, 1.82) is 5.26 Å². The summed E-state index contributed by atoms with van der Waals surface area (Å²) in [5.74, 6) is -0.339. The number of hydrogen-bond donors (Lipinski definition) is 1. The third-order valence-electron chi connectivity index (χ3n) is 4.50. The average molecular weight is 319 g/mol. The molecule has 1 aromatic rings. The summed E-state index contributed by atoms with van der Waals surface area (Å²) in [6.07, 6.45) is 4.16. The third-order valence-corrected chi connectivity index (χ3v) is 4.50. The number of carbonyl (C=O) groups excluding carboxylic acids is 1. The highest BCUT2D eigenvalue weighted by Crippen LogP contribution is 2.29. The fourth-order valence-corrected chi connectivity index (χ4v) is 3.17. The van der Waals surface area contributed by atoms with Crippen LogP contribution in [-0.2, 0) is 4.79 Å². The van der Waals surface area contributed by atoms with Crippen LogP contribution in [0.25, 0.3) is 0 Å². The fourth-order valence-electron chi connectivity index (χ4n) is 3.17. The number of nitrogens with zero attached hydrogens (tertiary/aromatic N) is 4. The summed E-state index contributed by atoms with van der Waals surface area (Å²) in [4.78, 5) is 23.1. The number of rotatable bonds is 4. The van der Waals surface area contributed by atoms with Gasteiger partial charge in [0.1, 0.15) is 23.0 Å². The van der Waals surface area contributed by atoms with Gasteiger partial charge in [-0.05, 0) is 33.6 Å². The average Bonchev–Trinajstić information content (AvgIpc) is 2.82. The number of amides is 1. The molecule has 1 unspecified atom stereocenters. The molecule has 1 saturated carbocycles. The van der Waals surface area contributed by atoms with Crippen molar-refractivity contribution in [2.75, 3.05) is 0 Å². The van der Waals surface area contributed by atoms with Crippen LogP contribution in [0.2, 0.25) is 0 Å². The summed E-state index contributed by atoms with van der Waals surface area (Å²) < 4.78 is 1.36. The molecule has 0 spiro atoms. The molecular weight excluding hydrogens is 298 g/mol. The van der Waals surface area contributed by atoms with Gasteiger partial charge in [0.2, 0.25) is 5.91 Å². The topological polar surface area (TPSA) is 114 Å². The van der Waals surface area contributed by atoms with Crippen LogP contribution in [0.1, 0.15) is 56.5 Å². The lowest BCUT2D eigenvalue weighted by molar-refractivity contribution is -0.386. The Kier molecular flexibility index (Phi) is 4.68. The van der Waals surface area contributed by atoms with E-state index in [1.807, 2.05) is 0 Å². The SMILES string of the molecule is Cc1nn(C(C)C(=O)NC2(C#N)CCCCC2)c(C)c1[N+](=O)[O-]. The van der Waals surface area contributed by atoms with Crippen LogP contribution < -0.4 is 5.32 Å². The monoisotopic (exact) mass is 319 g/mol. The van der Waals surface area contributed by atoms with E-state index in [1.54, 1.807) is 20.8 Å². The summed E-state index contributed by atoms with van der Waals surface area (Å²) in [7, 11) is 0. The number of nitrogens with one attached hydrogen (secondary N) is 1. The molecule has 0 bridgehead atoms. The zero-order valence-corrected chi connectivity index (χ0v) is 13.6. The molecule has 8 nitrogen and oxygen atoms in total. The highest BCUT2D eigenvalue weighted by Gasteiger charge is 2.36. The Morgan fingerprint density at radius 3 is 2.52 bits per heavy atom. The molecule has 1 atom stereocenters. The zero-order valence-electron chi connectivity index (χ0n) is 13.6.